The number of amides is 1. The Morgan fingerprint density at radius 3 is 3.20 bits per heavy atom. The molecule has 0 fully saturated rings. The zero-order valence-corrected chi connectivity index (χ0v) is 13.9. The van der Waals surface area contributed by atoms with Gasteiger partial charge in [0, 0.05) is 24.2 Å². The summed E-state index contributed by atoms with van der Waals surface area (Å²) in [4.78, 5) is 12.7. The van der Waals surface area contributed by atoms with E-state index in [2.05, 4.69) is 20.8 Å². The normalized spacial score (nSPS) is 15.7. The van der Waals surface area contributed by atoms with Crippen molar-refractivity contribution in [2.45, 2.75) is 26.4 Å². The molecule has 1 aromatic carbocycles. The van der Waals surface area contributed by atoms with E-state index in [0.29, 0.717) is 29.3 Å². The molecule has 8 heteroatoms. The molecule has 3 aromatic rings. The lowest BCUT2D eigenvalue weighted by Gasteiger charge is -2.13. The molecule has 1 atom stereocenters. The number of nitrogens with one attached hydrogen (secondary N) is 1. The lowest BCUT2D eigenvalue weighted by molar-refractivity contribution is 0.102. The van der Waals surface area contributed by atoms with Gasteiger partial charge < -0.3 is 14.8 Å². The zero-order valence-electron chi connectivity index (χ0n) is 13.9. The summed E-state index contributed by atoms with van der Waals surface area (Å²) >= 11 is 0. The maximum Gasteiger partial charge on any atom is 0.259 e. The summed E-state index contributed by atoms with van der Waals surface area (Å²) in [5.74, 6) is 1.08. The molecule has 1 amide bonds. The second-order valence-electron chi connectivity index (χ2n) is 5.84. The summed E-state index contributed by atoms with van der Waals surface area (Å²) in [7, 11) is 0. The average molecular weight is 339 g/mol. The number of fused-ring (bicyclic) bond motifs is 2. The molecular formula is C17H17N5O3. The van der Waals surface area contributed by atoms with Crippen molar-refractivity contribution in [2.75, 3.05) is 11.9 Å². The molecule has 4 rings (SSSR count). The minimum absolute atomic E-state index is 0.117. The molecule has 0 saturated carbocycles. The van der Waals surface area contributed by atoms with E-state index < -0.39 is 0 Å². The number of pyridine rings is 1. The van der Waals surface area contributed by atoms with Crippen molar-refractivity contribution in [3.8, 4) is 11.5 Å². The van der Waals surface area contributed by atoms with Crippen molar-refractivity contribution in [3.63, 3.8) is 0 Å². The predicted molar refractivity (Wildman–Crippen MR) is 90.1 cm³/mol. The predicted octanol–water partition coefficient (Wildman–Crippen LogP) is 2.10. The second-order valence-corrected chi connectivity index (χ2v) is 5.84. The van der Waals surface area contributed by atoms with Gasteiger partial charge in [0.05, 0.1) is 17.9 Å². The molecule has 8 nitrogen and oxygen atoms in total. The fraction of sp³-hybridized carbons (Fsp3) is 0.294. The molecular weight excluding hydrogens is 322 g/mol. The Bertz CT molecular complexity index is 953. The summed E-state index contributed by atoms with van der Waals surface area (Å²) in [5.41, 5.74) is 2.42. The maximum atomic E-state index is 12.7. The third-order valence-electron chi connectivity index (χ3n) is 4.01. The number of rotatable bonds is 4. The van der Waals surface area contributed by atoms with Crippen molar-refractivity contribution >= 4 is 17.2 Å². The van der Waals surface area contributed by atoms with Crippen LogP contribution < -0.4 is 14.8 Å². The molecule has 0 saturated heterocycles. The van der Waals surface area contributed by atoms with Gasteiger partial charge in [-0.1, -0.05) is 0 Å². The van der Waals surface area contributed by atoms with Gasteiger partial charge in [0.25, 0.3) is 5.91 Å². The minimum Gasteiger partial charge on any atom is -0.492 e. The van der Waals surface area contributed by atoms with Gasteiger partial charge in [0.1, 0.15) is 17.6 Å². The van der Waals surface area contributed by atoms with E-state index in [1.807, 2.05) is 26.0 Å². The van der Waals surface area contributed by atoms with Gasteiger partial charge in [-0.25, -0.2) is 0 Å². The van der Waals surface area contributed by atoms with Crippen molar-refractivity contribution < 1.29 is 14.3 Å². The van der Waals surface area contributed by atoms with E-state index in [1.54, 1.807) is 18.3 Å². The number of benzene rings is 1. The first kappa shape index (κ1) is 15.4. The van der Waals surface area contributed by atoms with Gasteiger partial charge in [-0.15, -0.1) is 5.10 Å². The van der Waals surface area contributed by atoms with Crippen LogP contribution >= 0.6 is 0 Å². The minimum atomic E-state index is -0.313. The number of carbonyl (C=O) groups excluding carboxylic acids is 1. The topological polar surface area (TPSA) is 90.6 Å². The standard InChI is InChI=1S/C17H17N5O3/c1-3-24-15-8-11-7-10(2)25-14(11)9-13(15)18-17(23)12-5-4-6-22-16(12)19-20-21-22/h4-6,8-10H,3,7H2,1-2H3,(H,18,23). The smallest absolute Gasteiger partial charge is 0.259 e. The number of hydrogen-bond donors (Lipinski definition) is 1. The van der Waals surface area contributed by atoms with Crippen LogP contribution in [0.2, 0.25) is 0 Å². The number of hydrogen-bond acceptors (Lipinski definition) is 6. The van der Waals surface area contributed by atoms with Crippen LogP contribution in [-0.4, -0.2) is 38.7 Å². The van der Waals surface area contributed by atoms with Crippen LogP contribution in [0.5, 0.6) is 11.5 Å². The first-order chi connectivity index (χ1) is 12.2. The number of tetrazole rings is 1. The summed E-state index contributed by atoms with van der Waals surface area (Å²) < 4.78 is 12.9. The Labute approximate surface area is 143 Å². The second kappa shape index (κ2) is 6.04. The third kappa shape index (κ3) is 2.75. The van der Waals surface area contributed by atoms with Gasteiger partial charge in [-0.05, 0) is 42.5 Å². The molecule has 128 valence electrons. The SMILES string of the molecule is CCOc1cc2c(cc1NC(=O)c1cccn3nnnc13)OC(C)C2. The number of carbonyl (C=O) groups is 1. The highest BCUT2D eigenvalue weighted by Gasteiger charge is 2.23. The van der Waals surface area contributed by atoms with Crippen LogP contribution in [0.25, 0.3) is 5.65 Å². The van der Waals surface area contributed by atoms with E-state index in [-0.39, 0.29) is 12.0 Å². The van der Waals surface area contributed by atoms with Gasteiger partial charge in [-0.3, -0.25) is 4.79 Å². The van der Waals surface area contributed by atoms with E-state index in [9.17, 15) is 4.79 Å². The molecule has 3 heterocycles. The zero-order chi connectivity index (χ0) is 17.4. The molecule has 0 radical (unpaired) electrons. The van der Waals surface area contributed by atoms with Crippen LogP contribution in [0.1, 0.15) is 29.8 Å². The van der Waals surface area contributed by atoms with Crippen molar-refractivity contribution in [3.05, 3.63) is 41.6 Å². The first-order valence-corrected chi connectivity index (χ1v) is 8.10. The molecule has 1 unspecified atom stereocenters. The monoisotopic (exact) mass is 339 g/mol. The maximum absolute atomic E-state index is 12.7. The van der Waals surface area contributed by atoms with Crippen LogP contribution in [0, 0.1) is 0 Å². The molecule has 0 bridgehead atoms. The van der Waals surface area contributed by atoms with Crippen LogP contribution in [0.3, 0.4) is 0 Å². The number of nitrogens with zero attached hydrogens (tertiary/aromatic N) is 4. The molecule has 0 aliphatic carbocycles. The number of aromatic nitrogens is 4. The van der Waals surface area contributed by atoms with Gasteiger partial charge >= 0.3 is 0 Å². The lowest BCUT2D eigenvalue weighted by Crippen LogP contribution is -2.14. The first-order valence-electron chi connectivity index (χ1n) is 8.10. The van der Waals surface area contributed by atoms with E-state index in [0.717, 1.165) is 17.7 Å². The van der Waals surface area contributed by atoms with Crippen LogP contribution in [-0.2, 0) is 6.42 Å². The molecule has 1 N–H and O–H groups in total. The lowest BCUT2D eigenvalue weighted by atomic mass is 10.1. The Hall–Kier alpha value is -3.16. The molecule has 1 aliphatic heterocycles. The number of ether oxygens (including phenoxy) is 2. The van der Waals surface area contributed by atoms with Crippen LogP contribution in [0.4, 0.5) is 5.69 Å². The molecule has 2 aromatic heterocycles. The number of anilines is 1. The molecule has 1 aliphatic rings. The average Bonchev–Trinajstić information content (AvgIpc) is 3.20. The summed E-state index contributed by atoms with van der Waals surface area (Å²) in [6, 6.07) is 7.13. The Kier molecular flexibility index (Phi) is 3.72. The summed E-state index contributed by atoms with van der Waals surface area (Å²) in [6.07, 6.45) is 2.63. The fourth-order valence-electron chi connectivity index (χ4n) is 2.95. The molecule has 0 spiro atoms. The van der Waals surface area contributed by atoms with Crippen molar-refractivity contribution in [1.82, 2.24) is 20.0 Å². The largest absolute Gasteiger partial charge is 0.492 e. The Morgan fingerprint density at radius 2 is 2.36 bits per heavy atom. The van der Waals surface area contributed by atoms with E-state index >= 15 is 0 Å². The highest BCUT2D eigenvalue weighted by atomic mass is 16.5. The van der Waals surface area contributed by atoms with Crippen LogP contribution in [0.15, 0.2) is 30.5 Å². The van der Waals surface area contributed by atoms with Crippen molar-refractivity contribution in [1.29, 1.82) is 0 Å². The summed E-state index contributed by atoms with van der Waals surface area (Å²) in [5, 5.41) is 14.2. The fourth-order valence-corrected chi connectivity index (χ4v) is 2.95. The molecule has 25 heavy (non-hydrogen) atoms. The quantitative estimate of drug-likeness (QED) is 0.783. The Morgan fingerprint density at radius 1 is 1.48 bits per heavy atom. The van der Waals surface area contributed by atoms with Crippen molar-refractivity contribution in [2.24, 2.45) is 0 Å². The summed E-state index contributed by atoms with van der Waals surface area (Å²) in [6.45, 7) is 4.42. The Balaban J connectivity index is 1.69. The van der Waals surface area contributed by atoms with Gasteiger partial charge in [0.15, 0.2) is 5.65 Å². The highest BCUT2D eigenvalue weighted by molar-refractivity contribution is 6.08. The highest BCUT2D eigenvalue weighted by Crippen LogP contribution is 2.38. The van der Waals surface area contributed by atoms with Gasteiger partial charge in [0.2, 0.25) is 0 Å². The van der Waals surface area contributed by atoms with E-state index in [4.69, 9.17) is 9.47 Å². The van der Waals surface area contributed by atoms with E-state index in [1.165, 1.54) is 4.52 Å². The third-order valence-corrected chi connectivity index (χ3v) is 4.01. The van der Waals surface area contributed by atoms with Gasteiger partial charge in [-0.2, -0.15) is 4.52 Å².